The van der Waals surface area contributed by atoms with Gasteiger partial charge in [0.25, 0.3) is 0 Å². The third kappa shape index (κ3) is 8.17. The summed E-state index contributed by atoms with van der Waals surface area (Å²) in [6.45, 7) is 10.6. The van der Waals surface area contributed by atoms with Crippen LogP contribution in [0.2, 0.25) is 0 Å². The summed E-state index contributed by atoms with van der Waals surface area (Å²) in [7, 11) is 0. The third-order valence-corrected chi connectivity index (χ3v) is 3.45. The van der Waals surface area contributed by atoms with Crippen LogP contribution in [-0.4, -0.2) is 48.4 Å². The van der Waals surface area contributed by atoms with E-state index < -0.39 is 17.7 Å². The standard InChI is InChI=1S/C17H29NO6/c1-12(2)11-22-16(21)23-14(19)10-13-6-8-18(9-7-13)15(20)24-17(3,4)5/h12-13H,6-11H2,1-5H3. The molecule has 7 nitrogen and oxygen atoms in total. The highest BCUT2D eigenvalue weighted by atomic mass is 16.7. The topological polar surface area (TPSA) is 82.1 Å². The Morgan fingerprint density at radius 2 is 1.71 bits per heavy atom. The van der Waals surface area contributed by atoms with Crippen LogP contribution in [0.5, 0.6) is 0 Å². The van der Waals surface area contributed by atoms with Gasteiger partial charge in [-0.05, 0) is 45.4 Å². The van der Waals surface area contributed by atoms with Crippen LogP contribution in [0.25, 0.3) is 0 Å². The summed E-state index contributed by atoms with van der Waals surface area (Å²) >= 11 is 0. The molecule has 1 saturated heterocycles. The number of rotatable bonds is 4. The Kier molecular flexibility index (Phi) is 7.51. The molecule has 0 radical (unpaired) electrons. The van der Waals surface area contributed by atoms with Crippen molar-refractivity contribution in [2.75, 3.05) is 19.7 Å². The highest BCUT2D eigenvalue weighted by Crippen LogP contribution is 2.22. The normalized spacial score (nSPS) is 16.0. The summed E-state index contributed by atoms with van der Waals surface area (Å²) in [5.74, 6) is -0.307. The lowest BCUT2D eigenvalue weighted by Gasteiger charge is -2.33. The first-order chi connectivity index (χ1) is 11.1. The molecule has 0 bridgehead atoms. The minimum atomic E-state index is -0.945. The quantitative estimate of drug-likeness (QED) is 0.575. The van der Waals surface area contributed by atoms with Crippen molar-refractivity contribution >= 4 is 18.2 Å². The molecule has 0 aromatic heterocycles. The van der Waals surface area contributed by atoms with Crippen molar-refractivity contribution < 1.29 is 28.6 Å². The lowest BCUT2D eigenvalue weighted by molar-refractivity contribution is -0.141. The minimum absolute atomic E-state index is 0.0917. The van der Waals surface area contributed by atoms with Gasteiger partial charge in [0.05, 0.1) is 6.61 Å². The first kappa shape index (κ1) is 20.3. The van der Waals surface area contributed by atoms with E-state index in [1.54, 1.807) is 4.90 Å². The molecule has 0 aliphatic carbocycles. The lowest BCUT2D eigenvalue weighted by atomic mass is 9.94. The van der Waals surface area contributed by atoms with E-state index in [9.17, 15) is 14.4 Å². The van der Waals surface area contributed by atoms with Crippen molar-refractivity contribution in [2.24, 2.45) is 11.8 Å². The Morgan fingerprint density at radius 1 is 1.12 bits per heavy atom. The van der Waals surface area contributed by atoms with Gasteiger partial charge in [0.15, 0.2) is 0 Å². The first-order valence-electron chi connectivity index (χ1n) is 8.42. The predicted molar refractivity (Wildman–Crippen MR) is 87.4 cm³/mol. The van der Waals surface area contributed by atoms with E-state index in [0.29, 0.717) is 25.9 Å². The van der Waals surface area contributed by atoms with Gasteiger partial charge >= 0.3 is 18.2 Å². The van der Waals surface area contributed by atoms with E-state index in [1.165, 1.54) is 0 Å². The fourth-order valence-electron chi connectivity index (χ4n) is 2.28. The number of esters is 1. The summed E-state index contributed by atoms with van der Waals surface area (Å²) in [5, 5.41) is 0. The first-order valence-corrected chi connectivity index (χ1v) is 8.42. The van der Waals surface area contributed by atoms with Crippen LogP contribution in [0.4, 0.5) is 9.59 Å². The maximum Gasteiger partial charge on any atom is 0.516 e. The fourth-order valence-corrected chi connectivity index (χ4v) is 2.28. The third-order valence-electron chi connectivity index (χ3n) is 3.45. The molecule has 1 amide bonds. The molecule has 0 unspecified atom stereocenters. The van der Waals surface area contributed by atoms with Gasteiger partial charge in [0.2, 0.25) is 0 Å². The number of likely N-dealkylation sites (tertiary alicyclic amines) is 1. The molecule has 0 saturated carbocycles. The van der Waals surface area contributed by atoms with E-state index in [4.69, 9.17) is 9.47 Å². The zero-order valence-electron chi connectivity index (χ0n) is 15.3. The summed E-state index contributed by atoms with van der Waals surface area (Å²) in [6.07, 6.45) is 0.227. The van der Waals surface area contributed by atoms with E-state index in [1.807, 2.05) is 34.6 Å². The zero-order chi connectivity index (χ0) is 18.3. The highest BCUT2D eigenvalue weighted by molar-refractivity contribution is 5.81. The number of piperidine rings is 1. The fraction of sp³-hybridized carbons (Fsp3) is 0.824. The van der Waals surface area contributed by atoms with Crippen molar-refractivity contribution in [1.82, 2.24) is 4.90 Å². The summed E-state index contributed by atoms with van der Waals surface area (Å²) in [4.78, 5) is 36.7. The molecular formula is C17H29NO6. The Hall–Kier alpha value is -1.79. The van der Waals surface area contributed by atoms with Crippen LogP contribution < -0.4 is 0 Å². The molecule has 0 spiro atoms. The number of ether oxygens (including phenoxy) is 3. The van der Waals surface area contributed by atoms with Crippen molar-refractivity contribution in [1.29, 1.82) is 0 Å². The molecule has 7 heteroatoms. The van der Waals surface area contributed by atoms with E-state index in [-0.39, 0.29) is 31.0 Å². The molecule has 1 aliphatic heterocycles. The number of carbonyl (C=O) groups excluding carboxylic acids is 3. The van der Waals surface area contributed by atoms with Crippen molar-refractivity contribution in [2.45, 2.75) is 59.5 Å². The molecule has 0 atom stereocenters. The van der Waals surface area contributed by atoms with Gasteiger partial charge in [-0.2, -0.15) is 0 Å². The summed E-state index contributed by atoms with van der Waals surface area (Å²) < 4.78 is 14.8. The second kappa shape index (κ2) is 8.89. The lowest BCUT2D eigenvalue weighted by Crippen LogP contribution is -2.42. The number of hydrogen-bond donors (Lipinski definition) is 0. The van der Waals surface area contributed by atoms with Crippen molar-refractivity contribution in [3.63, 3.8) is 0 Å². The minimum Gasteiger partial charge on any atom is -0.444 e. The molecule has 1 heterocycles. The molecular weight excluding hydrogens is 314 g/mol. The van der Waals surface area contributed by atoms with Gasteiger partial charge in [-0.1, -0.05) is 13.8 Å². The Balaban J connectivity index is 2.29. The number of nitrogens with zero attached hydrogens (tertiary/aromatic N) is 1. The van der Waals surface area contributed by atoms with Gasteiger partial charge in [0, 0.05) is 19.5 Å². The number of carbonyl (C=O) groups is 3. The Morgan fingerprint density at radius 3 is 2.21 bits per heavy atom. The van der Waals surface area contributed by atoms with Gasteiger partial charge in [0.1, 0.15) is 5.60 Å². The van der Waals surface area contributed by atoms with Gasteiger partial charge in [-0.25, -0.2) is 9.59 Å². The highest BCUT2D eigenvalue weighted by Gasteiger charge is 2.28. The second-order valence-electron chi connectivity index (χ2n) is 7.54. The maximum absolute atomic E-state index is 12.0. The van der Waals surface area contributed by atoms with Crippen LogP contribution in [0.15, 0.2) is 0 Å². The number of hydrogen-bond acceptors (Lipinski definition) is 6. The van der Waals surface area contributed by atoms with Crippen LogP contribution in [0, 0.1) is 11.8 Å². The maximum atomic E-state index is 12.0. The summed E-state index contributed by atoms with van der Waals surface area (Å²) in [6, 6.07) is 0. The molecule has 138 valence electrons. The molecule has 24 heavy (non-hydrogen) atoms. The molecule has 1 rings (SSSR count). The Labute approximate surface area is 143 Å². The van der Waals surface area contributed by atoms with Crippen LogP contribution in [0.3, 0.4) is 0 Å². The molecule has 1 aliphatic rings. The average Bonchev–Trinajstić information content (AvgIpc) is 2.43. The van der Waals surface area contributed by atoms with Crippen LogP contribution in [-0.2, 0) is 19.0 Å². The summed E-state index contributed by atoms with van der Waals surface area (Å²) in [5.41, 5.74) is -0.520. The van der Waals surface area contributed by atoms with Crippen LogP contribution in [0.1, 0.15) is 53.9 Å². The van der Waals surface area contributed by atoms with E-state index in [0.717, 1.165) is 0 Å². The van der Waals surface area contributed by atoms with Gasteiger partial charge in [-0.15, -0.1) is 0 Å². The van der Waals surface area contributed by atoms with E-state index >= 15 is 0 Å². The monoisotopic (exact) mass is 343 g/mol. The second-order valence-corrected chi connectivity index (χ2v) is 7.54. The van der Waals surface area contributed by atoms with Crippen molar-refractivity contribution in [3.05, 3.63) is 0 Å². The van der Waals surface area contributed by atoms with E-state index in [2.05, 4.69) is 4.74 Å². The average molecular weight is 343 g/mol. The van der Waals surface area contributed by atoms with Crippen LogP contribution >= 0.6 is 0 Å². The number of amides is 1. The zero-order valence-corrected chi connectivity index (χ0v) is 15.3. The Bertz CT molecular complexity index is 446. The molecule has 0 aromatic carbocycles. The molecule has 1 fully saturated rings. The predicted octanol–water partition coefficient (Wildman–Crippen LogP) is 3.36. The largest absolute Gasteiger partial charge is 0.516 e. The SMILES string of the molecule is CC(C)COC(=O)OC(=O)CC1CCN(C(=O)OC(C)(C)C)CC1. The van der Waals surface area contributed by atoms with Gasteiger partial charge in [-0.3, -0.25) is 4.79 Å². The van der Waals surface area contributed by atoms with Gasteiger partial charge < -0.3 is 19.1 Å². The molecule has 0 N–H and O–H groups in total. The smallest absolute Gasteiger partial charge is 0.444 e. The van der Waals surface area contributed by atoms with Crippen molar-refractivity contribution in [3.8, 4) is 0 Å². The molecule has 0 aromatic rings.